The van der Waals surface area contributed by atoms with Gasteiger partial charge in [0.15, 0.2) is 11.3 Å². The van der Waals surface area contributed by atoms with Crippen molar-refractivity contribution in [2.24, 2.45) is 0 Å². The molecule has 0 spiro atoms. The van der Waals surface area contributed by atoms with Crippen LogP contribution < -0.4 is 15.6 Å². The highest BCUT2D eigenvalue weighted by Gasteiger charge is 2.24. The van der Waals surface area contributed by atoms with Gasteiger partial charge in [0.05, 0.1) is 13.7 Å². The molecule has 0 saturated heterocycles. The Morgan fingerprint density at radius 2 is 1.91 bits per heavy atom. The van der Waals surface area contributed by atoms with Crippen LogP contribution >= 0.6 is 11.3 Å². The van der Waals surface area contributed by atoms with Crippen molar-refractivity contribution in [2.75, 3.05) is 19.0 Å². The highest BCUT2D eigenvalue weighted by molar-refractivity contribution is 7.15. The molecular formula is C24H20N2O5S. The average molecular weight is 449 g/mol. The fourth-order valence-corrected chi connectivity index (χ4v) is 4.27. The number of amides is 1. The lowest BCUT2D eigenvalue weighted by atomic mass is 10.0. The van der Waals surface area contributed by atoms with Crippen LogP contribution in [0, 0.1) is 5.41 Å². The predicted octanol–water partition coefficient (Wildman–Crippen LogP) is 5.08. The highest BCUT2D eigenvalue weighted by Crippen LogP contribution is 2.36. The molecule has 0 unspecified atom stereocenters. The molecule has 0 bridgehead atoms. The van der Waals surface area contributed by atoms with Gasteiger partial charge in [-0.05, 0) is 24.6 Å². The summed E-state index contributed by atoms with van der Waals surface area (Å²) in [6.45, 7) is 1.93. The summed E-state index contributed by atoms with van der Waals surface area (Å²) < 4.78 is 16.0. The van der Waals surface area contributed by atoms with Crippen molar-refractivity contribution >= 4 is 39.2 Å². The molecule has 0 aliphatic heterocycles. The quantitative estimate of drug-likeness (QED) is 0.401. The van der Waals surface area contributed by atoms with Gasteiger partial charge in [-0.3, -0.25) is 10.2 Å². The maximum atomic E-state index is 13.0. The number of carbonyl (C=O) groups excluding carboxylic acids is 2. The molecule has 4 rings (SSSR count). The molecule has 1 amide bonds. The fourth-order valence-electron chi connectivity index (χ4n) is 3.32. The number of hydrogen-bond acceptors (Lipinski definition) is 7. The Bertz CT molecular complexity index is 1360. The van der Waals surface area contributed by atoms with Gasteiger partial charge in [0, 0.05) is 16.3 Å². The zero-order valence-corrected chi connectivity index (χ0v) is 18.2. The molecule has 2 heterocycles. The third-order valence-electron chi connectivity index (χ3n) is 4.80. The number of ether oxygens (including phenoxy) is 2. The van der Waals surface area contributed by atoms with E-state index >= 15 is 0 Å². The largest absolute Gasteiger partial charge is 0.493 e. The Labute approximate surface area is 187 Å². The van der Waals surface area contributed by atoms with E-state index in [1.807, 2.05) is 30.3 Å². The van der Waals surface area contributed by atoms with E-state index in [0.717, 1.165) is 5.56 Å². The first-order chi connectivity index (χ1) is 15.5. The third kappa shape index (κ3) is 4.00. The number of thiophene rings is 1. The summed E-state index contributed by atoms with van der Waals surface area (Å²) in [6.07, 6.45) is 0. The van der Waals surface area contributed by atoms with E-state index in [2.05, 4.69) is 5.32 Å². The Balaban J connectivity index is 1.74. The summed E-state index contributed by atoms with van der Waals surface area (Å²) in [5.74, 6) is -0.615. The average Bonchev–Trinajstić information content (AvgIpc) is 3.22. The van der Waals surface area contributed by atoms with Crippen molar-refractivity contribution in [3.8, 4) is 16.9 Å². The smallest absolute Gasteiger partial charge is 0.341 e. The van der Waals surface area contributed by atoms with Crippen LogP contribution in [0.1, 0.15) is 27.6 Å². The molecule has 2 aromatic carbocycles. The van der Waals surface area contributed by atoms with E-state index in [0.29, 0.717) is 27.3 Å². The number of rotatable bonds is 6. The molecule has 0 radical (unpaired) electrons. The number of methoxy groups -OCH3 is 1. The molecule has 0 aliphatic rings. The van der Waals surface area contributed by atoms with Gasteiger partial charge in [0.25, 0.3) is 5.91 Å². The topological polar surface area (TPSA) is 102 Å². The first kappa shape index (κ1) is 21.3. The van der Waals surface area contributed by atoms with Crippen molar-refractivity contribution in [3.63, 3.8) is 0 Å². The Morgan fingerprint density at radius 3 is 2.62 bits per heavy atom. The van der Waals surface area contributed by atoms with Crippen molar-refractivity contribution in [1.82, 2.24) is 0 Å². The standard InChI is InChI=1S/C24H20N2O5S/c1-3-30-24(28)19-17(14-8-5-4-6-9-14)13-32-23(19)26-22(27)16-12-15-10-7-11-18(29-2)20(15)31-21(16)25/h4-13,25H,3H2,1-2H3,(H,26,27). The van der Waals surface area contributed by atoms with Gasteiger partial charge in [-0.25, -0.2) is 4.79 Å². The number of benzene rings is 2. The Hall–Kier alpha value is -3.91. The van der Waals surface area contributed by atoms with E-state index in [9.17, 15) is 9.59 Å². The first-order valence-corrected chi connectivity index (χ1v) is 10.7. The number of anilines is 1. The normalized spacial score (nSPS) is 10.7. The molecule has 2 N–H and O–H groups in total. The second kappa shape index (κ2) is 9.07. The molecule has 0 fully saturated rings. The number of hydrogen-bond donors (Lipinski definition) is 2. The molecular weight excluding hydrogens is 428 g/mol. The van der Waals surface area contributed by atoms with Gasteiger partial charge >= 0.3 is 5.97 Å². The maximum absolute atomic E-state index is 13.0. The van der Waals surface area contributed by atoms with Crippen LogP contribution in [0.5, 0.6) is 5.75 Å². The van der Waals surface area contributed by atoms with Crippen molar-refractivity contribution in [2.45, 2.75) is 6.92 Å². The number of para-hydroxylation sites is 1. The minimum Gasteiger partial charge on any atom is -0.493 e. The maximum Gasteiger partial charge on any atom is 0.341 e. The molecule has 8 heteroatoms. The molecule has 2 aromatic heterocycles. The number of nitrogens with one attached hydrogen (secondary N) is 2. The van der Waals surface area contributed by atoms with Crippen LogP contribution in [0.25, 0.3) is 22.1 Å². The summed E-state index contributed by atoms with van der Waals surface area (Å²) in [7, 11) is 1.51. The second-order valence-corrected chi connectivity index (χ2v) is 7.64. The lowest BCUT2D eigenvalue weighted by Crippen LogP contribution is -2.21. The van der Waals surface area contributed by atoms with E-state index in [-0.39, 0.29) is 23.3 Å². The zero-order valence-electron chi connectivity index (χ0n) is 17.4. The van der Waals surface area contributed by atoms with Crippen LogP contribution in [0.4, 0.5) is 5.00 Å². The van der Waals surface area contributed by atoms with Crippen molar-refractivity contribution in [3.05, 3.63) is 76.7 Å². The van der Waals surface area contributed by atoms with Gasteiger partial charge in [-0.15, -0.1) is 11.3 Å². The summed E-state index contributed by atoms with van der Waals surface area (Å²) in [4.78, 5) is 25.8. The molecule has 32 heavy (non-hydrogen) atoms. The molecule has 0 saturated carbocycles. The summed E-state index contributed by atoms with van der Waals surface area (Å²) in [6, 6.07) is 16.2. The minimum atomic E-state index is -0.560. The monoisotopic (exact) mass is 448 g/mol. The van der Waals surface area contributed by atoms with Crippen LogP contribution in [0.15, 0.2) is 64.4 Å². The molecule has 4 aromatic rings. The highest BCUT2D eigenvalue weighted by atomic mass is 32.1. The van der Waals surface area contributed by atoms with Crippen LogP contribution in [0.3, 0.4) is 0 Å². The summed E-state index contributed by atoms with van der Waals surface area (Å²) >= 11 is 1.22. The van der Waals surface area contributed by atoms with E-state index in [4.69, 9.17) is 19.3 Å². The number of esters is 1. The van der Waals surface area contributed by atoms with Crippen LogP contribution in [-0.2, 0) is 4.74 Å². The fraction of sp³-hybridized carbons (Fsp3) is 0.125. The van der Waals surface area contributed by atoms with Crippen LogP contribution in [0.2, 0.25) is 0 Å². The number of carbonyl (C=O) groups is 2. The third-order valence-corrected chi connectivity index (χ3v) is 5.70. The SMILES string of the molecule is CCOC(=O)c1c(-c2ccccc2)csc1NC(=O)c1cc2cccc(OC)c2oc1=N. The van der Waals surface area contributed by atoms with Gasteiger partial charge in [-0.1, -0.05) is 42.5 Å². The zero-order chi connectivity index (χ0) is 22.7. The van der Waals surface area contributed by atoms with E-state index in [1.165, 1.54) is 18.4 Å². The van der Waals surface area contributed by atoms with E-state index < -0.39 is 11.9 Å². The molecule has 162 valence electrons. The van der Waals surface area contributed by atoms with Crippen LogP contribution in [-0.4, -0.2) is 25.6 Å². The minimum absolute atomic E-state index is 0.0372. The first-order valence-electron chi connectivity index (χ1n) is 9.84. The molecule has 0 aliphatic carbocycles. The Morgan fingerprint density at radius 1 is 1.12 bits per heavy atom. The van der Waals surface area contributed by atoms with Crippen molar-refractivity contribution in [1.29, 1.82) is 5.41 Å². The van der Waals surface area contributed by atoms with E-state index in [1.54, 1.807) is 36.6 Å². The molecule has 7 nitrogen and oxygen atoms in total. The van der Waals surface area contributed by atoms with Crippen molar-refractivity contribution < 1.29 is 23.5 Å². The summed E-state index contributed by atoms with van der Waals surface area (Å²) in [5.41, 5.74) is 1.89. The lowest BCUT2D eigenvalue weighted by Gasteiger charge is -2.10. The molecule has 0 atom stereocenters. The van der Waals surface area contributed by atoms with Gasteiger partial charge < -0.3 is 19.2 Å². The predicted molar refractivity (Wildman–Crippen MR) is 122 cm³/mol. The lowest BCUT2D eigenvalue weighted by molar-refractivity contribution is 0.0529. The van der Waals surface area contributed by atoms with Gasteiger partial charge in [-0.2, -0.15) is 0 Å². The number of fused-ring (bicyclic) bond motifs is 1. The summed E-state index contributed by atoms with van der Waals surface area (Å²) in [5, 5.41) is 13.7. The second-order valence-electron chi connectivity index (χ2n) is 6.76. The van der Waals surface area contributed by atoms with Gasteiger partial charge in [0.2, 0.25) is 5.55 Å². The Kier molecular flexibility index (Phi) is 6.04. The van der Waals surface area contributed by atoms with Gasteiger partial charge in [0.1, 0.15) is 16.1 Å².